The summed E-state index contributed by atoms with van der Waals surface area (Å²) < 4.78 is 46.2. The summed E-state index contributed by atoms with van der Waals surface area (Å²) in [6.45, 7) is 25.1. The highest BCUT2D eigenvalue weighted by Gasteiger charge is 2.61. The van der Waals surface area contributed by atoms with Gasteiger partial charge in [0.05, 0.1) is 80.4 Å². The van der Waals surface area contributed by atoms with Crippen LogP contribution in [0.1, 0.15) is 196 Å². The van der Waals surface area contributed by atoms with Gasteiger partial charge in [0.15, 0.2) is 17.3 Å². The molecule has 8 aromatic heterocycles. The predicted molar refractivity (Wildman–Crippen MR) is 576 cm³/mol. The molecule has 7 atom stereocenters. The first-order valence-electron chi connectivity index (χ1n) is 47.7. The van der Waals surface area contributed by atoms with Gasteiger partial charge in [-0.05, 0) is 224 Å². The number of nitrogens with one attached hydrogen (secondary N) is 5. The fourth-order valence-corrected chi connectivity index (χ4v) is 21.6. The van der Waals surface area contributed by atoms with Gasteiger partial charge in [0.1, 0.15) is 45.7 Å². The molecule has 0 bridgehead atoms. The summed E-state index contributed by atoms with van der Waals surface area (Å²) in [4.78, 5) is 90.1. The zero-order chi connectivity index (χ0) is 103. The molecule has 3 aliphatic rings. The highest BCUT2D eigenvalue weighted by atomic mass is 35.5. The summed E-state index contributed by atoms with van der Waals surface area (Å²) in [6, 6.07) is 66.4. The van der Waals surface area contributed by atoms with E-state index in [2.05, 4.69) is 125 Å². The van der Waals surface area contributed by atoms with Gasteiger partial charge in [-0.25, -0.2) is 38.0 Å². The Morgan fingerprint density at radius 3 is 2.12 bits per heavy atom. The summed E-state index contributed by atoms with van der Waals surface area (Å²) in [5, 5.41) is 39.8. The minimum absolute atomic E-state index is 0.0479. The van der Waals surface area contributed by atoms with Crippen molar-refractivity contribution in [1.82, 2.24) is 54.3 Å². The molecule has 17 aromatic rings. The fraction of sp³-hybridized carbons (Fsp3) is 0.283. The number of hydrogen-bond donors (Lipinski definition) is 7. The monoisotopic (exact) mass is 2060 g/mol. The van der Waals surface area contributed by atoms with Crippen molar-refractivity contribution in [3.8, 4) is 50.5 Å². The molecule has 0 radical (unpaired) electrons. The molecule has 2 amide bonds. The summed E-state index contributed by atoms with van der Waals surface area (Å²) >= 11 is 27.8. The van der Waals surface area contributed by atoms with Gasteiger partial charge < -0.3 is 41.5 Å². The number of thiophene rings is 1. The van der Waals surface area contributed by atoms with E-state index >= 15 is 8.78 Å². The Hall–Kier alpha value is -13.7. The quantitative estimate of drug-likeness (QED) is 0.0275. The number of halogens is 6. The number of amides is 2. The zero-order valence-electron chi connectivity index (χ0n) is 82.6. The van der Waals surface area contributed by atoms with E-state index in [-0.39, 0.29) is 80.0 Å². The molecule has 9 N–H and O–H groups in total. The predicted octanol–water partition coefficient (Wildman–Crippen LogP) is 26.2. The summed E-state index contributed by atoms with van der Waals surface area (Å²) in [5.41, 5.74) is 27.6. The number of methoxy groups -OCH3 is 1. The number of aromatic nitrogens is 11. The second-order valence-corrected chi connectivity index (χ2v) is 43.0. The van der Waals surface area contributed by atoms with Crippen LogP contribution in [0.2, 0.25) is 20.1 Å². The highest BCUT2D eigenvalue weighted by molar-refractivity contribution is 7.15. The molecule has 0 saturated heterocycles. The third-order valence-corrected chi connectivity index (χ3v) is 29.8. The van der Waals surface area contributed by atoms with Crippen molar-refractivity contribution in [1.29, 1.82) is 5.26 Å². The van der Waals surface area contributed by atoms with Crippen molar-refractivity contribution < 1.29 is 37.4 Å². The second kappa shape index (κ2) is 43.7. The number of para-hydroxylation sites is 1. The number of aromatic amines is 3. The third-order valence-electron chi connectivity index (χ3n) is 26.8. The Balaban J connectivity index is 0.000000134. The lowest BCUT2D eigenvalue weighted by molar-refractivity contribution is -0.155. The number of carbonyl (C=O) groups is 4. The first kappa shape index (κ1) is 104. The Labute approximate surface area is 866 Å². The molecule has 2 aliphatic carbocycles. The average molecular weight is 2060 g/mol. The number of rotatable bonds is 20. The van der Waals surface area contributed by atoms with Gasteiger partial charge in [0, 0.05) is 122 Å². The number of Topliss-reactive ketones (excluding diaryl/α,β-unsaturated/α-hetero) is 1. The van der Waals surface area contributed by atoms with E-state index in [1.807, 2.05) is 189 Å². The zero-order valence-corrected chi connectivity index (χ0v) is 87.3. The van der Waals surface area contributed by atoms with Gasteiger partial charge in [-0.2, -0.15) is 10.4 Å². The van der Waals surface area contributed by atoms with E-state index in [9.17, 15) is 29.2 Å². The fourth-order valence-electron chi connectivity index (χ4n) is 19.1. The normalized spacial score (nSPS) is 16.5. The van der Waals surface area contributed by atoms with Crippen molar-refractivity contribution in [2.24, 2.45) is 39.6 Å². The maximum atomic E-state index is 15.8. The van der Waals surface area contributed by atoms with Crippen LogP contribution >= 0.6 is 69.1 Å². The smallest absolute Gasteiger partial charge is 0.347 e. The molecule has 0 spiro atoms. The molecule has 744 valence electrons. The summed E-state index contributed by atoms with van der Waals surface area (Å²) in [5.74, 6) is -2.54. The van der Waals surface area contributed by atoms with Gasteiger partial charge in [0.25, 0.3) is 0 Å². The molecule has 9 heterocycles. The lowest BCUT2D eigenvalue weighted by Crippen LogP contribution is -2.43. The molecule has 145 heavy (non-hydrogen) atoms. The number of pyridine rings is 2. The van der Waals surface area contributed by atoms with Crippen molar-refractivity contribution in [2.75, 3.05) is 17.7 Å². The van der Waals surface area contributed by atoms with Crippen LogP contribution in [0, 0.1) is 73.8 Å². The molecule has 20 rings (SSSR count). The van der Waals surface area contributed by atoms with Crippen LogP contribution in [0.4, 0.5) is 20.2 Å². The summed E-state index contributed by atoms with van der Waals surface area (Å²) in [7, 11) is 1.41. The maximum absolute atomic E-state index is 15.8. The van der Waals surface area contributed by atoms with E-state index in [4.69, 9.17) is 77.3 Å². The molecule has 0 unspecified atom stereocenters. The Morgan fingerprint density at radius 2 is 1.45 bits per heavy atom. The number of benzene rings is 9. The average Bonchev–Trinajstić information content (AvgIpc) is 1.55. The molecular weight excluding hydrogens is 1950 g/mol. The standard InChI is InChI=1S/C33H32Cl2F2N2O3.C25H21N5O.C23H25ClN4O2S.C22H25N5O.C10H8ClNS/c1-18(40)19-9-12-27(28(13-19)42-5)39-31(41)23-14-20(16-32(2,3)4)33(17-38,24-11-10-21(34)15-26(24)36)29(23)22-7-6-8-25(35)30(22)37;26-25(12-4-13-25)18-9-7-17(8-10-18)22-19(16-5-2-1-3-6-16)15-20-21(27-22)11-14-30-23(20)28-29-24(30)31;1-12-13(2)31-22-19(12)20(15-7-9-16(24)10-8-15)25-17(11-18(29)30-23(4,5)6)21-27-26-14(3)28(21)22;1-3-13(2)21(23)22(28)25-15-8-9-18-19(11-15)27-20(26-18)10-14-12-24-17-7-5-4-6-16(14)17;1-7-12-10(6-13-7)8-4-2-3-5-9(8)11/h6-13,15,20,23,29H,14,16H2,1-5H3,(H,39,41);1-3,5-11,14-15H,4,12-13,26H2,(H,29,31);7-10,17H,11H2,1-6H3;4-9,11-13,21,24H,3,10,23H2,1-2H3,(H,25,28)(H,26,27);2-6H,1H3/t20-,23+,29-,33+;;17-;13-,21-;/m0.00./s1. The molecular formula is C113H111Cl4F2N17O7S2. The number of imidazole rings is 1. The van der Waals surface area contributed by atoms with E-state index in [1.165, 1.54) is 76.6 Å². The van der Waals surface area contributed by atoms with Gasteiger partial charge in [-0.1, -0.05) is 209 Å². The van der Waals surface area contributed by atoms with E-state index < -0.39 is 58.4 Å². The minimum atomic E-state index is -1.64. The number of aliphatic imine (C=N–C) groups is 1. The molecule has 1 aliphatic heterocycles. The Kier molecular flexibility index (Phi) is 31.4. The van der Waals surface area contributed by atoms with Crippen LogP contribution in [-0.2, 0) is 36.5 Å². The van der Waals surface area contributed by atoms with Crippen molar-refractivity contribution in [3.05, 3.63) is 344 Å². The van der Waals surface area contributed by atoms with Crippen LogP contribution in [0.5, 0.6) is 5.75 Å². The van der Waals surface area contributed by atoms with Crippen LogP contribution in [-0.4, -0.2) is 102 Å². The number of anilines is 2. The first-order valence-corrected chi connectivity index (χ1v) is 50.9. The molecule has 9 aromatic carbocycles. The highest BCUT2D eigenvalue weighted by Crippen LogP contribution is 2.62. The van der Waals surface area contributed by atoms with Gasteiger partial charge in [0.2, 0.25) is 11.8 Å². The van der Waals surface area contributed by atoms with Crippen molar-refractivity contribution >= 4 is 148 Å². The maximum Gasteiger partial charge on any atom is 0.347 e. The number of esters is 1. The molecule has 2 saturated carbocycles. The number of thiazole rings is 1. The SMILES string of the molecule is CC[C@H](C)[C@H](N)C(=O)Nc1ccc2nc(Cc3c[nH]c4ccccc34)[nH]c2c1.COc1cc(C(C)=O)ccc1NC(=O)[C@@H]1C[C@@H](CC(C)(C)C)[C@](C#N)(c2ccc(Cl)cc2F)[C@H]1c1cccc(Cl)c1F.Cc1nc(-c2ccccc2Cl)cs1.Cc1sc2c(c1C)C(c1ccc(Cl)cc1)=N[C@@H](CC(=O)OC(C)(C)C)c1nnc(C)n1-2.NC1(c2ccc(-c3nc4ccn5c(=O)[nH]nc5c4cc3-c3ccccc3)cc2)CCC1. The van der Waals surface area contributed by atoms with Gasteiger partial charge >= 0.3 is 11.7 Å². The number of ether oxygens (including phenoxy) is 2. The van der Waals surface area contributed by atoms with Crippen molar-refractivity contribution in [3.63, 3.8) is 0 Å². The summed E-state index contributed by atoms with van der Waals surface area (Å²) in [6.07, 6.45) is 9.27. The third kappa shape index (κ3) is 22.7. The number of fused-ring (bicyclic) bond motifs is 8. The molecule has 24 nitrogen and oxygen atoms in total. The van der Waals surface area contributed by atoms with Crippen LogP contribution in [0.25, 0.3) is 77.1 Å². The number of aryl methyl sites for hydroxylation is 3. The second-order valence-electron chi connectivity index (χ2n) is 39.1. The lowest BCUT2D eigenvalue weighted by atomic mass is 9.62. The van der Waals surface area contributed by atoms with Crippen LogP contribution in [0.15, 0.2) is 240 Å². The van der Waals surface area contributed by atoms with Gasteiger partial charge in [-0.15, -0.1) is 32.9 Å². The number of nitrogens with zero attached hydrogens (tertiary/aromatic N) is 10. The molecule has 2 fully saturated rings. The Bertz CT molecular complexity index is 7860. The first-order chi connectivity index (χ1) is 69.2. The number of hydrogen-bond acceptors (Lipinski definition) is 19. The van der Waals surface area contributed by atoms with Crippen LogP contribution in [0.3, 0.4) is 0 Å². The molecule has 32 heteroatoms. The van der Waals surface area contributed by atoms with E-state index in [0.717, 1.165) is 141 Å². The lowest BCUT2D eigenvalue weighted by Gasteiger charge is -2.38. The number of ketones is 1. The van der Waals surface area contributed by atoms with Crippen molar-refractivity contribution in [2.45, 2.75) is 176 Å². The number of H-pyrrole nitrogens is 3. The minimum Gasteiger partial charge on any atom is -0.495 e. The largest absolute Gasteiger partial charge is 0.495 e. The number of nitrogens with two attached hydrogens (primary N) is 2. The van der Waals surface area contributed by atoms with Gasteiger partial charge in [-0.3, -0.25) is 28.7 Å². The Morgan fingerprint density at radius 1 is 0.738 bits per heavy atom. The number of carbonyl (C=O) groups excluding carboxylic acids is 4. The number of nitriles is 1. The van der Waals surface area contributed by atoms with E-state index in [0.29, 0.717) is 40.6 Å². The van der Waals surface area contributed by atoms with E-state index in [1.54, 1.807) is 47.1 Å². The topological polar surface area (TPSA) is 350 Å². The van der Waals surface area contributed by atoms with Crippen LogP contribution < -0.4 is 32.5 Å².